The summed E-state index contributed by atoms with van der Waals surface area (Å²) in [5, 5.41) is 25.7. The number of fused-ring (bicyclic) bond motifs is 2. The highest BCUT2D eigenvalue weighted by Crippen LogP contribution is 2.34. The zero-order valence-electron chi connectivity index (χ0n) is 15.6. The standard InChI is InChI=1S/C18H14N6O6S/c19-18(31)23-22-14(16(25)8-1-4-12-13(5-8)30-7-29-12)15-17(26)21-11-6-9(24(27)28)2-3-10(11)20-15/h1-6,16,25H,7H2,(H,21,26)(H3,19,23,31)/b22-14-. The Morgan fingerprint density at radius 1 is 1.32 bits per heavy atom. The number of nitrogens with zero attached hydrogens (tertiary/aromatic N) is 3. The molecule has 2 aromatic carbocycles. The number of H-pyrrole nitrogens is 1. The van der Waals surface area contributed by atoms with E-state index >= 15 is 0 Å². The summed E-state index contributed by atoms with van der Waals surface area (Å²) >= 11 is 4.75. The van der Waals surface area contributed by atoms with E-state index < -0.39 is 16.6 Å². The summed E-state index contributed by atoms with van der Waals surface area (Å²) in [6.45, 7) is 0.0524. The monoisotopic (exact) mass is 442 g/mol. The SMILES string of the molecule is NC(=S)N/N=C(/c1nc2ccc([N+](=O)[O-])cc2[nH]c1=O)C(O)c1ccc2c(c1)OCO2. The second-order valence-electron chi connectivity index (χ2n) is 6.36. The molecule has 4 rings (SSSR count). The number of aliphatic hydroxyl groups excluding tert-OH is 1. The summed E-state index contributed by atoms with van der Waals surface area (Å²) < 4.78 is 10.6. The van der Waals surface area contributed by atoms with Gasteiger partial charge in [0.15, 0.2) is 22.3 Å². The summed E-state index contributed by atoms with van der Waals surface area (Å²) in [5.41, 5.74) is 7.19. The van der Waals surface area contributed by atoms with Gasteiger partial charge < -0.3 is 25.3 Å². The lowest BCUT2D eigenvalue weighted by Gasteiger charge is -2.14. The van der Waals surface area contributed by atoms with Gasteiger partial charge in [-0.1, -0.05) is 6.07 Å². The lowest BCUT2D eigenvalue weighted by Crippen LogP contribution is -2.31. The van der Waals surface area contributed by atoms with Crippen LogP contribution in [0.4, 0.5) is 5.69 Å². The number of rotatable bonds is 5. The summed E-state index contributed by atoms with van der Waals surface area (Å²) in [5.74, 6) is 0.935. The average molecular weight is 442 g/mol. The van der Waals surface area contributed by atoms with Crippen molar-refractivity contribution < 1.29 is 19.5 Å². The summed E-state index contributed by atoms with van der Waals surface area (Å²) in [6.07, 6.45) is -1.42. The molecule has 0 fully saturated rings. The number of nitro benzene ring substituents is 1. The third-order valence-electron chi connectivity index (χ3n) is 4.39. The van der Waals surface area contributed by atoms with Crippen LogP contribution in [0.3, 0.4) is 0 Å². The van der Waals surface area contributed by atoms with Crippen molar-refractivity contribution in [3.05, 3.63) is 68.1 Å². The third kappa shape index (κ3) is 3.99. The first-order valence-corrected chi connectivity index (χ1v) is 9.14. The van der Waals surface area contributed by atoms with Gasteiger partial charge in [0.25, 0.3) is 11.2 Å². The number of hydrogen-bond acceptors (Lipinski definition) is 9. The highest BCUT2D eigenvalue weighted by atomic mass is 32.1. The maximum Gasteiger partial charge on any atom is 0.276 e. The first-order valence-electron chi connectivity index (χ1n) is 8.73. The van der Waals surface area contributed by atoms with E-state index in [1.807, 2.05) is 0 Å². The van der Waals surface area contributed by atoms with Crippen molar-refractivity contribution in [1.82, 2.24) is 15.4 Å². The van der Waals surface area contributed by atoms with E-state index in [9.17, 15) is 20.0 Å². The van der Waals surface area contributed by atoms with Gasteiger partial charge in [-0.05, 0) is 36.0 Å². The van der Waals surface area contributed by atoms with E-state index in [0.29, 0.717) is 17.1 Å². The van der Waals surface area contributed by atoms with Gasteiger partial charge in [0, 0.05) is 12.1 Å². The van der Waals surface area contributed by atoms with E-state index in [2.05, 4.69) is 20.5 Å². The van der Waals surface area contributed by atoms with Gasteiger partial charge in [-0.2, -0.15) is 5.10 Å². The molecular formula is C18H14N6O6S. The molecule has 1 atom stereocenters. The maximum absolute atomic E-state index is 12.7. The summed E-state index contributed by atoms with van der Waals surface area (Å²) in [4.78, 5) is 29.8. The molecule has 0 radical (unpaired) electrons. The Morgan fingerprint density at radius 2 is 2.10 bits per heavy atom. The van der Waals surface area contributed by atoms with Crippen molar-refractivity contribution in [2.24, 2.45) is 10.8 Å². The molecule has 0 aliphatic carbocycles. The van der Waals surface area contributed by atoms with Crippen LogP contribution in [0.2, 0.25) is 0 Å². The van der Waals surface area contributed by atoms with Crippen molar-refractivity contribution in [2.75, 3.05) is 6.79 Å². The van der Waals surface area contributed by atoms with Crippen molar-refractivity contribution in [3.8, 4) is 11.5 Å². The molecule has 1 unspecified atom stereocenters. The molecule has 1 aromatic heterocycles. The quantitative estimate of drug-likeness (QED) is 0.191. The molecule has 1 aliphatic heterocycles. The van der Waals surface area contributed by atoms with E-state index in [4.69, 9.17) is 27.4 Å². The van der Waals surface area contributed by atoms with E-state index in [-0.39, 0.29) is 40.0 Å². The predicted octanol–water partition coefficient (Wildman–Crippen LogP) is 0.831. The van der Waals surface area contributed by atoms with Gasteiger partial charge in [0.2, 0.25) is 6.79 Å². The number of ether oxygens (including phenoxy) is 2. The fourth-order valence-electron chi connectivity index (χ4n) is 2.96. The Hall–Kier alpha value is -4.10. The van der Waals surface area contributed by atoms with E-state index in [0.717, 1.165) is 0 Å². The number of nitrogens with one attached hydrogen (secondary N) is 2. The van der Waals surface area contributed by atoms with Crippen LogP contribution in [0.1, 0.15) is 17.4 Å². The van der Waals surface area contributed by atoms with Gasteiger partial charge in [-0.3, -0.25) is 20.3 Å². The number of aromatic amines is 1. The van der Waals surface area contributed by atoms with Crippen LogP contribution in [0.25, 0.3) is 11.0 Å². The topological polar surface area (TPSA) is 178 Å². The molecular weight excluding hydrogens is 428 g/mol. The van der Waals surface area contributed by atoms with Crippen LogP contribution >= 0.6 is 12.2 Å². The number of aromatic nitrogens is 2. The highest BCUT2D eigenvalue weighted by molar-refractivity contribution is 7.80. The predicted molar refractivity (Wildman–Crippen MR) is 113 cm³/mol. The Kier molecular flexibility index (Phi) is 5.19. The number of hydrazone groups is 1. The van der Waals surface area contributed by atoms with Gasteiger partial charge in [-0.25, -0.2) is 4.98 Å². The third-order valence-corrected chi connectivity index (χ3v) is 4.48. The fourth-order valence-corrected chi connectivity index (χ4v) is 3.01. The number of nitro groups is 1. The second kappa shape index (κ2) is 7.97. The molecule has 0 saturated heterocycles. The Balaban J connectivity index is 1.81. The highest BCUT2D eigenvalue weighted by Gasteiger charge is 2.25. The largest absolute Gasteiger partial charge is 0.454 e. The number of thiocarbonyl (C=S) groups is 1. The smallest absolute Gasteiger partial charge is 0.276 e. The minimum Gasteiger partial charge on any atom is -0.454 e. The van der Waals surface area contributed by atoms with Gasteiger partial charge in [0.1, 0.15) is 11.8 Å². The molecule has 0 saturated carbocycles. The Labute approximate surface area is 178 Å². The first-order chi connectivity index (χ1) is 14.8. The zero-order chi connectivity index (χ0) is 22.1. The first kappa shape index (κ1) is 20.2. The molecule has 5 N–H and O–H groups in total. The normalized spacial score (nSPS) is 13.8. The molecule has 158 valence electrons. The van der Waals surface area contributed by atoms with Crippen LogP contribution in [0.5, 0.6) is 11.5 Å². The number of non-ortho nitro benzene ring substituents is 1. The minimum absolute atomic E-state index is 0.0524. The molecule has 0 bridgehead atoms. The number of aliphatic hydroxyl groups is 1. The zero-order valence-corrected chi connectivity index (χ0v) is 16.4. The summed E-state index contributed by atoms with van der Waals surface area (Å²) in [6, 6.07) is 8.53. The Morgan fingerprint density at radius 3 is 2.84 bits per heavy atom. The fraction of sp³-hybridized carbons (Fsp3) is 0.111. The number of benzene rings is 2. The molecule has 2 heterocycles. The van der Waals surface area contributed by atoms with E-state index in [1.165, 1.54) is 18.2 Å². The Bertz CT molecular complexity index is 1310. The van der Waals surface area contributed by atoms with E-state index in [1.54, 1.807) is 18.2 Å². The number of nitrogens with two attached hydrogens (primary N) is 1. The minimum atomic E-state index is -1.42. The number of hydrogen-bond donors (Lipinski definition) is 4. The molecule has 0 spiro atoms. The molecule has 1 aliphatic rings. The van der Waals surface area contributed by atoms with Crippen molar-refractivity contribution in [3.63, 3.8) is 0 Å². The molecule has 12 nitrogen and oxygen atoms in total. The summed E-state index contributed by atoms with van der Waals surface area (Å²) in [7, 11) is 0. The average Bonchev–Trinajstić information content (AvgIpc) is 3.21. The van der Waals surface area contributed by atoms with Crippen LogP contribution < -0.4 is 26.2 Å². The lowest BCUT2D eigenvalue weighted by atomic mass is 10.0. The van der Waals surface area contributed by atoms with Crippen molar-refractivity contribution in [1.29, 1.82) is 0 Å². The second-order valence-corrected chi connectivity index (χ2v) is 6.80. The van der Waals surface area contributed by atoms with Gasteiger partial charge in [-0.15, -0.1) is 0 Å². The lowest BCUT2D eigenvalue weighted by molar-refractivity contribution is -0.384. The van der Waals surface area contributed by atoms with Crippen LogP contribution in [-0.2, 0) is 0 Å². The molecule has 13 heteroatoms. The van der Waals surface area contributed by atoms with Crippen LogP contribution in [0.15, 0.2) is 46.3 Å². The van der Waals surface area contributed by atoms with Crippen molar-refractivity contribution in [2.45, 2.75) is 6.10 Å². The van der Waals surface area contributed by atoms with Gasteiger partial charge in [0.05, 0.1) is 16.0 Å². The van der Waals surface area contributed by atoms with Crippen LogP contribution in [-0.4, -0.2) is 37.6 Å². The van der Waals surface area contributed by atoms with Crippen LogP contribution in [0, 0.1) is 10.1 Å². The van der Waals surface area contributed by atoms with Gasteiger partial charge >= 0.3 is 0 Å². The molecule has 31 heavy (non-hydrogen) atoms. The molecule has 0 amide bonds. The maximum atomic E-state index is 12.7. The van der Waals surface area contributed by atoms with Crippen molar-refractivity contribution >= 4 is 39.8 Å². The molecule has 3 aromatic rings.